The van der Waals surface area contributed by atoms with Gasteiger partial charge in [0.15, 0.2) is 9.84 Å². The smallest absolute Gasteiger partial charge is 0.262 e. The van der Waals surface area contributed by atoms with E-state index in [1.807, 2.05) is 31.2 Å². The van der Waals surface area contributed by atoms with Crippen molar-refractivity contribution in [3.63, 3.8) is 0 Å². The first-order chi connectivity index (χ1) is 11.9. The van der Waals surface area contributed by atoms with E-state index in [0.717, 1.165) is 5.56 Å². The summed E-state index contributed by atoms with van der Waals surface area (Å²) in [5.74, 6) is 0.0318. The van der Waals surface area contributed by atoms with Crippen molar-refractivity contribution in [1.29, 1.82) is 0 Å². The second-order valence-corrected chi connectivity index (χ2v) is 7.87. The van der Waals surface area contributed by atoms with Crippen LogP contribution in [0, 0.1) is 6.92 Å². The SMILES string of the molecule is COc1ccccc1C(=O)N(c1ccc(C)cc1)[C@@H]1C=CS(=O)(=O)C1. The summed E-state index contributed by atoms with van der Waals surface area (Å²) in [6.07, 6.45) is 1.56. The Kier molecular flexibility index (Phi) is 4.63. The number of methoxy groups -OCH3 is 1. The van der Waals surface area contributed by atoms with Crippen LogP contribution in [0.4, 0.5) is 5.69 Å². The molecule has 0 N–H and O–H groups in total. The number of nitrogens with zero attached hydrogens (tertiary/aromatic N) is 1. The van der Waals surface area contributed by atoms with Gasteiger partial charge in [0, 0.05) is 11.1 Å². The highest BCUT2D eigenvalue weighted by atomic mass is 32.2. The Bertz CT molecular complexity index is 917. The number of para-hydroxylation sites is 1. The maximum absolute atomic E-state index is 13.2. The van der Waals surface area contributed by atoms with Gasteiger partial charge in [-0.1, -0.05) is 29.8 Å². The van der Waals surface area contributed by atoms with Gasteiger partial charge in [0.2, 0.25) is 0 Å². The summed E-state index contributed by atoms with van der Waals surface area (Å²) in [5, 5.41) is 1.17. The fourth-order valence-corrected chi connectivity index (χ4v) is 4.10. The lowest BCUT2D eigenvalue weighted by molar-refractivity contribution is 0.0980. The average molecular weight is 357 g/mol. The monoisotopic (exact) mass is 357 g/mol. The molecule has 6 heteroatoms. The van der Waals surface area contributed by atoms with Crippen molar-refractivity contribution in [2.75, 3.05) is 17.8 Å². The van der Waals surface area contributed by atoms with Gasteiger partial charge in [0.1, 0.15) is 5.75 Å². The van der Waals surface area contributed by atoms with Crippen molar-refractivity contribution >= 4 is 21.4 Å². The van der Waals surface area contributed by atoms with E-state index >= 15 is 0 Å². The van der Waals surface area contributed by atoms with Gasteiger partial charge in [-0.2, -0.15) is 0 Å². The molecular weight excluding hydrogens is 338 g/mol. The molecule has 0 saturated carbocycles. The van der Waals surface area contributed by atoms with Gasteiger partial charge in [-0.3, -0.25) is 4.79 Å². The second-order valence-electron chi connectivity index (χ2n) is 5.94. The summed E-state index contributed by atoms with van der Waals surface area (Å²) in [6, 6.07) is 13.8. The fourth-order valence-electron chi connectivity index (χ4n) is 2.84. The second kappa shape index (κ2) is 6.72. The first-order valence-corrected chi connectivity index (χ1v) is 9.57. The molecule has 0 spiro atoms. The van der Waals surface area contributed by atoms with E-state index in [-0.39, 0.29) is 11.7 Å². The molecule has 5 nitrogen and oxygen atoms in total. The van der Waals surface area contributed by atoms with Crippen LogP contribution in [0.1, 0.15) is 15.9 Å². The van der Waals surface area contributed by atoms with Crippen molar-refractivity contribution in [3.8, 4) is 5.75 Å². The maximum atomic E-state index is 13.2. The normalized spacial score (nSPS) is 18.1. The Balaban J connectivity index is 2.06. The Morgan fingerprint density at radius 1 is 1.12 bits per heavy atom. The summed E-state index contributed by atoms with van der Waals surface area (Å²) in [6.45, 7) is 1.95. The molecule has 1 aliphatic rings. The van der Waals surface area contributed by atoms with Crippen molar-refractivity contribution in [2.24, 2.45) is 0 Å². The molecule has 0 fully saturated rings. The molecule has 1 aliphatic heterocycles. The van der Waals surface area contributed by atoms with Crippen LogP contribution in [0.2, 0.25) is 0 Å². The molecule has 130 valence electrons. The predicted molar refractivity (Wildman–Crippen MR) is 97.7 cm³/mol. The summed E-state index contributed by atoms with van der Waals surface area (Å²) in [7, 11) is -1.79. The van der Waals surface area contributed by atoms with Gasteiger partial charge in [-0.15, -0.1) is 0 Å². The largest absolute Gasteiger partial charge is 0.496 e. The number of rotatable bonds is 4. The minimum Gasteiger partial charge on any atom is -0.496 e. The lowest BCUT2D eigenvalue weighted by Crippen LogP contribution is -2.41. The molecule has 2 aromatic rings. The summed E-state index contributed by atoms with van der Waals surface area (Å²) in [4.78, 5) is 14.7. The minimum atomic E-state index is -3.29. The molecule has 1 amide bonds. The molecule has 1 heterocycles. The van der Waals surface area contributed by atoms with Crippen LogP contribution in [0.3, 0.4) is 0 Å². The number of benzene rings is 2. The van der Waals surface area contributed by atoms with Crippen LogP contribution in [-0.4, -0.2) is 33.2 Å². The van der Waals surface area contributed by atoms with Crippen molar-refractivity contribution in [2.45, 2.75) is 13.0 Å². The zero-order valence-electron chi connectivity index (χ0n) is 14.0. The first-order valence-electron chi connectivity index (χ1n) is 7.85. The van der Waals surface area contributed by atoms with Gasteiger partial charge >= 0.3 is 0 Å². The molecule has 0 unspecified atom stereocenters. The molecule has 3 rings (SSSR count). The molecular formula is C19H19NO4S. The predicted octanol–water partition coefficient (Wildman–Crippen LogP) is 2.96. The lowest BCUT2D eigenvalue weighted by atomic mass is 10.1. The van der Waals surface area contributed by atoms with E-state index in [1.165, 1.54) is 17.4 Å². The van der Waals surface area contributed by atoms with Crippen LogP contribution in [0.5, 0.6) is 5.75 Å². The molecule has 0 bridgehead atoms. The zero-order valence-corrected chi connectivity index (χ0v) is 14.9. The fraction of sp³-hybridized carbons (Fsp3) is 0.211. The number of sulfone groups is 1. The number of anilines is 1. The number of carbonyl (C=O) groups is 1. The zero-order chi connectivity index (χ0) is 18.0. The van der Waals surface area contributed by atoms with Crippen molar-refractivity contribution in [1.82, 2.24) is 0 Å². The van der Waals surface area contributed by atoms with E-state index in [9.17, 15) is 13.2 Å². The summed E-state index contributed by atoms with van der Waals surface area (Å²) >= 11 is 0. The third-order valence-electron chi connectivity index (χ3n) is 4.11. The third-order valence-corrected chi connectivity index (χ3v) is 5.49. The Hall–Kier alpha value is -2.60. The standard InChI is InChI=1S/C19H19NO4S/c1-14-7-9-15(10-8-14)20(16-11-12-25(22,23)13-16)19(21)17-5-3-4-6-18(17)24-2/h3-12,16H,13H2,1-2H3/t16-/m1/s1. The van der Waals surface area contributed by atoms with Gasteiger partial charge in [0.05, 0.1) is 24.5 Å². The highest BCUT2D eigenvalue weighted by molar-refractivity contribution is 7.94. The molecule has 0 aliphatic carbocycles. The summed E-state index contributed by atoms with van der Waals surface area (Å²) < 4.78 is 29.0. The molecule has 2 aromatic carbocycles. The summed E-state index contributed by atoms with van der Waals surface area (Å²) in [5.41, 5.74) is 2.10. The third kappa shape index (κ3) is 3.58. The molecule has 1 atom stereocenters. The number of aryl methyl sites for hydroxylation is 1. The maximum Gasteiger partial charge on any atom is 0.262 e. The molecule has 0 aromatic heterocycles. The average Bonchev–Trinajstić information content (AvgIpc) is 2.96. The quantitative estimate of drug-likeness (QED) is 0.844. The van der Waals surface area contributed by atoms with E-state index in [1.54, 1.807) is 30.3 Å². The van der Waals surface area contributed by atoms with E-state index < -0.39 is 15.9 Å². The van der Waals surface area contributed by atoms with Crippen LogP contribution in [0.25, 0.3) is 0 Å². The Morgan fingerprint density at radius 2 is 1.80 bits per heavy atom. The number of hydrogen-bond acceptors (Lipinski definition) is 4. The number of amides is 1. The van der Waals surface area contributed by atoms with Crippen molar-refractivity contribution in [3.05, 3.63) is 71.1 Å². The van der Waals surface area contributed by atoms with Crippen molar-refractivity contribution < 1.29 is 17.9 Å². The molecule has 0 radical (unpaired) electrons. The Labute approximate surface area is 147 Å². The molecule has 0 saturated heterocycles. The number of ether oxygens (including phenoxy) is 1. The first kappa shape index (κ1) is 17.2. The number of hydrogen-bond donors (Lipinski definition) is 0. The van der Waals surface area contributed by atoms with Crippen LogP contribution < -0.4 is 9.64 Å². The van der Waals surface area contributed by atoms with E-state index in [0.29, 0.717) is 17.0 Å². The highest BCUT2D eigenvalue weighted by Gasteiger charge is 2.32. The van der Waals surface area contributed by atoms with Gasteiger partial charge < -0.3 is 9.64 Å². The van der Waals surface area contributed by atoms with E-state index in [4.69, 9.17) is 4.74 Å². The van der Waals surface area contributed by atoms with Gasteiger partial charge in [0.25, 0.3) is 5.91 Å². The van der Waals surface area contributed by atoms with Crippen LogP contribution in [0.15, 0.2) is 60.0 Å². The number of carbonyl (C=O) groups excluding carboxylic acids is 1. The van der Waals surface area contributed by atoms with Crippen LogP contribution >= 0.6 is 0 Å². The Morgan fingerprint density at radius 3 is 2.40 bits per heavy atom. The lowest BCUT2D eigenvalue weighted by Gasteiger charge is -2.28. The topological polar surface area (TPSA) is 63.7 Å². The molecule has 25 heavy (non-hydrogen) atoms. The van der Waals surface area contributed by atoms with Gasteiger partial charge in [-0.25, -0.2) is 8.42 Å². The van der Waals surface area contributed by atoms with E-state index in [2.05, 4.69) is 0 Å². The van der Waals surface area contributed by atoms with Crippen LogP contribution in [-0.2, 0) is 9.84 Å². The highest BCUT2D eigenvalue weighted by Crippen LogP contribution is 2.28. The van der Waals surface area contributed by atoms with Gasteiger partial charge in [-0.05, 0) is 37.3 Å². The minimum absolute atomic E-state index is 0.123.